The number of hydrogen-bond donors (Lipinski definition) is 2. The van der Waals surface area contributed by atoms with Crippen molar-refractivity contribution in [2.24, 2.45) is 16.8 Å². The fraction of sp³-hybridized carbons (Fsp3) is 0.917. The van der Waals surface area contributed by atoms with Crippen LogP contribution in [0.4, 0.5) is 0 Å². The molecule has 1 rings (SSSR count). The quantitative estimate of drug-likeness (QED) is 0.232. The summed E-state index contributed by atoms with van der Waals surface area (Å²) >= 11 is 0. The number of piperidine rings is 1. The van der Waals surface area contributed by atoms with Crippen molar-refractivity contribution >= 4 is 5.84 Å². The van der Waals surface area contributed by atoms with Crippen LogP contribution in [0.3, 0.4) is 0 Å². The van der Waals surface area contributed by atoms with Crippen molar-refractivity contribution in [3.05, 3.63) is 0 Å². The molecule has 5 heteroatoms. The number of ether oxygens (including phenoxy) is 1. The van der Waals surface area contributed by atoms with Gasteiger partial charge in [-0.25, -0.2) is 0 Å². The van der Waals surface area contributed by atoms with Crippen molar-refractivity contribution in [2.75, 3.05) is 33.4 Å². The minimum Gasteiger partial charge on any atom is -0.409 e. The minimum atomic E-state index is 0.334. The van der Waals surface area contributed by atoms with Crippen molar-refractivity contribution in [1.29, 1.82) is 0 Å². The van der Waals surface area contributed by atoms with E-state index < -0.39 is 0 Å². The number of rotatable bonds is 7. The third kappa shape index (κ3) is 5.89. The van der Waals surface area contributed by atoms with E-state index in [1.807, 2.05) is 0 Å². The SMILES string of the molecule is COCC1CCCN(CCCCC(N)=NO)C1. The monoisotopic (exact) mass is 243 g/mol. The maximum absolute atomic E-state index is 8.42. The van der Waals surface area contributed by atoms with Gasteiger partial charge in [0.15, 0.2) is 0 Å². The summed E-state index contributed by atoms with van der Waals surface area (Å²) in [4.78, 5) is 2.50. The molecule has 1 aliphatic heterocycles. The summed E-state index contributed by atoms with van der Waals surface area (Å²) < 4.78 is 5.21. The number of unbranched alkanes of at least 4 members (excludes halogenated alkanes) is 1. The molecule has 17 heavy (non-hydrogen) atoms. The maximum Gasteiger partial charge on any atom is 0.139 e. The van der Waals surface area contributed by atoms with Gasteiger partial charge in [0.1, 0.15) is 5.84 Å². The minimum absolute atomic E-state index is 0.334. The molecule has 0 spiro atoms. The largest absolute Gasteiger partial charge is 0.409 e. The van der Waals surface area contributed by atoms with Gasteiger partial charge in [0.05, 0.1) is 6.61 Å². The van der Waals surface area contributed by atoms with Gasteiger partial charge in [0.2, 0.25) is 0 Å². The second kappa shape index (κ2) is 8.31. The van der Waals surface area contributed by atoms with Gasteiger partial charge in [-0.3, -0.25) is 0 Å². The second-order valence-corrected chi connectivity index (χ2v) is 4.81. The Balaban J connectivity index is 2.10. The zero-order valence-corrected chi connectivity index (χ0v) is 10.8. The first-order valence-electron chi connectivity index (χ1n) is 6.44. The smallest absolute Gasteiger partial charge is 0.139 e. The molecule has 5 nitrogen and oxygen atoms in total. The lowest BCUT2D eigenvalue weighted by molar-refractivity contribution is 0.0899. The molecule has 0 aromatic rings. The molecule has 100 valence electrons. The molecule has 1 fully saturated rings. The average molecular weight is 243 g/mol. The molecular weight excluding hydrogens is 218 g/mol. The van der Waals surface area contributed by atoms with Crippen LogP contribution in [0.15, 0.2) is 5.16 Å². The van der Waals surface area contributed by atoms with E-state index in [4.69, 9.17) is 15.7 Å². The average Bonchev–Trinajstić information content (AvgIpc) is 2.35. The number of hydrogen-bond acceptors (Lipinski definition) is 4. The van der Waals surface area contributed by atoms with Crippen molar-refractivity contribution in [3.8, 4) is 0 Å². The van der Waals surface area contributed by atoms with Gasteiger partial charge in [0.25, 0.3) is 0 Å². The number of oxime groups is 1. The number of nitrogens with zero attached hydrogens (tertiary/aromatic N) is 2. The summed E-state index contributed by atoms with van der Waals surface area (Å²) in [5.41, 5.74) is 5.42. The van der Waals surface area contributed by atoms with Crippen LogP contribution in [0.1, 0.15) is 32.1 Å². The van der Waals surface area contributed by atoms with Crippen LogP contribution in [0.5, 0.6) is 0 Å². The van der Waals surface area contributed by atoms with E-state index in [0.29, 0.717) is 18.2 Å². The molecular formula is C12H25N3O2. The van der Waals surface area contributed by atoms with Gasteiger partial charge in [-0.2, -0.15) is 0 Å². The Labute approximate surface area is 104 Å². The molecule has 0 aromatic carbocycles. The lowest BCUT2D eigenvalue weighted by Gasteiger charge is -2.32. The molecule has 0 bridgehead atoms. The van der Waals surface area contributed by atoms with Crippen LogP contribution in [-0.4, -0.2) is 49.3 Å². The summed E-state index contributed by atoms with van der Waals surface area (Å²) in [6, 6.07) is 0. The number of nitrogens with two attached hydrogens (primary N) is 1. The molecule has 0 aromatic heterocycles. The number of likely N-dealkylation sites (tertiary alicyclic amines) is 1. The fourth-order valence-corrected chi connectivity index (χ4v) is 2.42. The number of methoxy groups -OCH3 is 1. The van der Waals surface area contributed by atoms with Crippen LogP contribution in [0, 0.1) is 5.92 Å². The summed E-state index contributed by atoms with van der Waals surface area (Å²) in [5, 5.41) is 11.4. The van der Waals surface area contributed by atoms with E-state index in [-0.39, 0.29) is 0 Å². The predicted molar refractivity (Wildman–Crippen MR) is 68.3 cm³/mol. The van der Waals surface area contributed by atoms with Gasteiger partial charge in [-0.05, 0) is 44.7 Å². The third-order valence-corrected chi connectivity index (χ3v) is 3.29. The van der Waals surface area contributed by atoms with Crippen LogP contribution < -0.4 is 5.73 Å². The van der Waals surface area contributed by atoms with Gasteiger partial charge in [-0.15, -0.1) is 0 Å². The molecule has 3 N–H and O–H groups in total. The molecule has 1 unspecified atom stereocenters. The van der Waals surface area contributed by atoms with E-state index >= 15 is 0 Å². The van der Waals surface area contributed by atoms with Crippen molar-refractivity contribution in [2.45, 2.75) is 32.1 Å². The molecule has 1 atom stereocenters. The molecule has 0 aliphatic carbocycles. The van der Waals surface area contributed by atoms with Crippen LogP contribution in [0.25, 0.3) is 0 Å². The Morgan fingerprint density at radius 2 is 2.35 bits per heavy atom. The highest BCUT2D eigenvalue weighted by molar-refractivity contribution is 5.79. The fourth-order valence-electron chi connectivity index (χ4n) is 2.42. The standard InChI is InChI=1S/C12H25N3O2/c1-17-10-11-5-4-8-15(9-11)7-3-2-6-12(13)14-16/h11,16H,2-10H2,1H3,(H2,13,14). The van der Waals surface area contributed by atoms with Gasteiger partial charge in [0, 0.05) is 20.1 Å². The second-order valence-electron chi connectivity index (χ2n) is 4.81. The van der Waals surface area contributed by atoms with Crippen molar-refractivity contribution in [1.82, 2.24) is 4.90 Å². The van der Waals surface area contributed by atoms with Crippen molar-refractivity contribution in [3.63, 3.8) is 0 Å². The van der Waals surface area contributed by atoms with Gasteiger partial charge >= 0.3 is 0 Å². The first kappa shape index (κ1) is 14.3. The highest BCUT2D eigenvalue weighted by atomic mass is 16.5. The van der Waals surface area contributed by atoms with Crippen LogP contribution >= 0.6 is 0 Å². The van der Waals surface area contributed by atoms with Crippen molar-refractivity contribution < 1.29 is 9.94 Å². The van der Waals surface area contributed by atoms with E-state index in [0.717, 1.165) is 32.5 Å². The summed E-state index contributed by atoms with van der Waals surface area (Å²) in [6.07, 6.45) is 5.34. The lowest BCUT2D eigenvalue weighted by atomic mass is 9.99. The lowest BCUT2D eigenvalue weighted by Crippen LogP contribution is -2.37. The molecule has 0 amide bonds. The molecule has 0 radical (unpaired) electrons. The summed E-state index contributed by atoms with van der Waals surface area (Å²) in [6.45, 7) is 4.33. The molecule has 1 aliphatic rings. The van der Waals surface area contributed by atoms with Crippen LogP contribution in [-0.2, 0) is 4.74 Å². The normalized spacial score (nSPS) is 22.9. The number of amidine groups is 1. The Morgan fingerprint density at radius 1 is 1.53 bits per heavy atom. The molecule has 0 saturated carbocycles. The Bertz CT molecular complexity index is 232. The summed E-state index contributed by atoms with van der Waals surface area (Å²) in [7, 11) is 1.77. The van der Waals surface area contributed by atoms with Gasteiger partial charge in [-0.1, -0.05) is 5.16 Å². The van der Waals surface area contributed by atoms with E-state index in [9.17, 15) is 0 Å². The third-order valence-electron chi connectivity index (χ3n) is 3.29. The first-order valence-corrected chi connectivity index (χ1v) is 6.44. The van der Waals surface area contributed by atoms with E-state index in [2.05, 4.69) is 10.1 Å². The Hall–Kier alpha value is -0.810. The van der Waals surface area contributed by atoms with Crippen LogP contribution in [0.2, 0.25) is 0 Å². The van der Waals surface area contributed by atoms with E-state index in [1.54, 1.807) is 7.11 Å². The highest BCUT2D eigenvalue weighted by Gasteiger charge is 2.18. The predicted octanol–water partition coefficient (Wildman–Crippen LogP) is 1.26. The zero-order valence-electron chi connectivity index (χ0n) is 10.8. The first-order chi connectivity index (χ1) is 8.26. The maximum atomic E-state index is 8.42. The van der Waals surface area contributed by atoms with E-state index in [1.165, 1.54) is 19.4 Å². The zero-order chi connectivity index (χ0) is 12.5. The highest BCUT2D eigenvalue weighted by Crippen LogP contribution is 2.17. The van der Waals surface area contributed by atoms with Gasteiger partial charge < -0.3 is 20.6 Å². The Kier molecular flexibility index (Phi) is 6.96. The topological polar surface area (TPSA) is 71.1 Å². The molecule has 1 saturated heterocycles. The Morgan fingerprint density at radius 3 is 3.06 bits per heavy atom. The summed E-state index contributed by atoms with van der Waals surface area (Å²) in [5.74, 6) is 1.03. The molecule has 1 heterocycles.